The number of aryl methyl sites for hydroxylation is 1. The third-order valence-corrected chi connectivity index (χ3v) is 4.94. The zero-order valence-electron chi connectivity index (χ0n) is 12.3. The lowest BCUT2D eigenvalue weighted by Gasteiger charge is -2.20. The Labute approximate surface area is 142 Å². The number of benzene rings is 2. The van der Waals surface area contributed by atoms with Gasteiger partial charge < -0.3 is 9.84 Å². The molecule has 0 amide bonds. The van der Waals surface area contributed by atoms with E-state index in [9.17, 15) is 5.11 Å². The molecule has 4 heteroatoms. The largest absolute Gasteiger partial charge is 0.496 e. The van der Waals surface area contributed by atoms with E-state index in [0.717, 1.165) is 36.9 Å². The summed E-state index contributed by atoms with van der Waals surface area (Å²) in [5.74, 6) is 0.764. The van der Waals surface area contributed by atoms with Crippen LogP contribution in [0.5, 0.6) is 5.75 Å². The molecule has 0 fully saturated rings. The number of hydrogen-bond donors (Lipinski definition) is 1. The van der Waals surface area contributed by atoms with Crippen molar-refractivity contribution in [3.8, 4) is 5.75 Å². The molecule has 0 aliphatic rings. The maximum Gasteiger partial charge on any atom is 0.127 e. The fraction of sp³-hybridized carbons (Fsp3) is 0.294. The summed E-state index contributed by atoms with van der Waals surface area (Å²) < 4.78 is 7.53. The van der Waals surface area contributed by atoms with Gasteiger partial charge in [0.15, 0.2) is 0 Å². The number of rotatable bonds is 4. The van der Waals surface area contributed by atoms with Crippen molar-refractivity contribution in [1.29, 1.82) is 0 Å². The summed E-state index contributed by atoms with van der Waals surface area (Å²) >= 11 is 6.97. The molecular weight excluding hydrogens is 396 g/mol. The standard InChI is InChI=1S/C17H18Br2O2/c1-10-8-14(19)11(2)16(17(10)21-3)15(20)9-12-4-6-13(18)7-5-12/h4-8,15,20H,9H2,1-3H3. The van der Waals surface area contributed by atoms with E-state index in [1.54, 1.807) is 7.11 Å². The van der Waals surface area contributed by atoms with Crippen molar-refractivity contribution in [2.24, 2.45) is 0 Å². The lowest BCUT2D eigenvalue weighted by Crippen LogP contribution is -2.08. The molecule has 112 valence electrons. The van der Waals surface area contributed by atoms with Gasteiger partial charge in [0.1, 0.15) is 5.75 Å². The van der Waals surface area contributed by atoms with E-state index in [-0.39, 0.29) is 0 Å². The average molecular weight is 414 g/mol. The van der Waals surface area contributed by atoms with Crippen LogP contribution in [0.2, 0.25) is 0 Å². The molecule has 0 aliphatic heterocycles. The van der Waals surface area contributed by atoms with E-state index in [1.165, 1.54) is 0 Å². The van der Waals surface area contributed by atoms with Crippen LogP contribution >= 0.6 is 31.9 Å². The maximum absolute atomic E-state index is 10.7. The number of aliphatic hydroxyl groups is 1. The Kier molecular flexibility index (Phi) is 5.47. The number of halogens is 2. The van der Waals surface area contributed by atoms with Gasteiger partial charge in [0, 0.05) is 20.9 Å². The van der Waals surface area contributed by atoms with E-state index in [4.69, 9.17) is 4.74 Å². The van der Waals surface area contributed by atoms with Gasteiger partial charge in [0.2, 0.25) is 0 Å². The van der Waals surface area contributed by atoms with Gasteiger partial charge in [-0.2, -0.15) is 0 Å². The molecule has 0 saturated heterocycles. The SMILES string of the molecule is COc1c(C)cc(Br)c(C)c1C(O)Cc1ccc(Br)cc1. The topological polar surface area (TPSA) is 29.5 Å². The molecule has 0 aromatic heterocycles. The number of hydrogen-bond acceptors (Lipinski definition) is 2. The Morgan fingerprint density at radius 2 is 1.76 bits per heavy atom. The van der Waals surface area contributed by atoms with Crippen molar-refractivity contribution in [2.75, 3.05) is 7.11 Å². The molecule has 0 radical (unpaired) electrons. The van der Waals surface area contributed by atoms with Gasteiger partial charge >= 0.3 is 0 Å². The third-order valence-electron chi connectivity index (χ3n) is 3.59. The Hall–Kier alpha value is -0.840. The van der Waals surface area contributed by atoms with Gasteiger partial charge in [-0.15, -0.1) is 0 Å². The van der Waals surface area contributed by atoms with E-state index in [2.05, 4.69) is 31.9 Å². The molecule has 1 atom stereocenters. The van der Waals surface area contributed by atoms with Crippen LogP contribution in [0.4, 0.5) is 0 Å². The van der Waals surface area contributed by atoms with Gasteiger partial charge in [0.25, 0.3) is 0 Å². The predicted octanol–water partition coefficient (Wildman–Crippen LogP) is 5.11. The minimum absolute atomic E-state index is 0.556. The molecule has 0 bridgehead atoms. The highest BCUT2D eigenvalue weighted by Gasteiger charge is 2.20. The van der Waals surface area contributed by atoms with Crippen LogP contribution in [0.3, 0.4) is 0 Å². The molecule has 1 unspecified atom stereocenters. The first-order valence-electron chi connectivity index (χ1n) is 6.70. The van der Waals surface area contributed by atoms with Gasteiger partial charge in [-0.3, -0.25) is 0 Å². The lowest BCUT2D eigenvalue weighted by atomic mass is 9.95. The van der Waals surface area contributed by atoms with Gasteiger partial charge in [0.05, 0.1) is 13.2 Å². The number of ether oxygens (including phenoxy) is 1. The van der Waals surface area contributed by atoms with Gasteiger partial charge in [-0.25, -0.2) is 0 Å². The summed E-state index contributed by atoms with van der Waals surface area (Å²) in [6, 6.07) is 10.0. The van der Waals surface area contributed by atoms with Crippen molar-refractivity contribution in [1.82, 2.24) is 0 Å². The quantitative estimate of drug-likeness (QED) is 0.754. The number of methoxy groups -OCH3 is 1. The molecule has 1 N–H and O–H groups in total. The first-order chi connectivity index (χ1) is 9.93. The van der Waals surface area contributed by atoms with Crippen molar-refractivity contribution < 1.29 is 9.84 Å². The molecule has 0 heterocycles. The Balaban J connectivity index is 2.38. The Bertz CT molecular complexity index is 636. The fourth-order valence-electron chi connectivity index (χ4n) is 2.49. The molecule has 2 nitrogen and oxygen atoms in total. The second-order valence-electron chi connectivity index (χ2n) is 5.09. The first kappa shape index (κ1) is 16.5. The second-order valence-corrected chi connectivity index (χ2v) is 6.86. The summed E-state index contributed by atoms with van der Waals surface area (Å²) in [6.07, 6.45) is -0.0438. The highest BCUT2D eigenvalue weighted by Crippen LogP contribution is 2.37. The molecule has 0 aliphatic carbocycles. The van der Waals surface area contributed by atoms with Crippen LogP contribution in [0.25, 0.3) is 0 Å². The van der Waals surface area contributed by atoms with Crippen molar-refractivity contribution in [3.05, 3.63) is 61.5 Å². The molecule has 0 saturated carbocycles. The highest BCUT2D eigenvalue weighted by molar-refractivity contribution is 9.10. The zero-order chi connectivity index (χ0) is 15.6. The van der Waals surface area contributed by atoms with Gasteiger partial charge in [-0.1, -0.05) is 44.0 Å². The van der Waals surface area contributed by atoms with Crippen molar-refractivity contribution >= 4 is 31.9 Å². The van der Waals surface area contributed by atoms with Crippen LogP contribution in [-0.4, -0.2) is 12.2 Å². The van der Waals surface area contributed by atoms with Gasteiger partial charge in [-0.05, 0) is 48.7 Å². The van der Waals surface area contributed by atoms with E-state index >= 15 is 0 Å². The summed E-state index contributed by atoms with van der Waals surface area (Å²) in [5.41, 5.74) is 3.97. The minimum atomic E-state index is -0.600. The lowest BCUT2D eigenvalue weighted by molar-refractivity contribution is 0.173. The summed E-state index contributed by atoms with van der Waals surface area (Å²) in [4.78, 5) is 0. The van der Waals surface area contributed by atoms with E-state index < -0.39 is 6.10 Å². The third kappa shape index (κ3) is 3.68. The van der Waals surface area contributed by atoms with Crippen LogP contribution in [0, 0.1) is 13.8 Å². The predicted molar refractivity (Wildman–Crippen MR) is 93.0 cm³/mol. The fourth-order valence-corrected chi connectivity index (χ4v) is 3.31. The van der Waals surface area contributed by atoms with E-state index in [0.29, 0.717) is 6.42 Å². The second kappa shape index (κ2) is 6.95. The van der Waals surface area contributed by atoms with Crippen LogP contribution in [-0.2, 0) is 6.42 Å². The highest BCUT2D eigenvalue weighted by atomic mass is 79.9. The minimum Gasteiger partial charge on any atom is -0.496 e. The molecule has 2 aromatic rings. The molecular formula is C17H18Br2O2. The smallest absolute Gasteiger partial charge is 0.127 e. The Morgan fingerprint density at radius 3 is 2.33 bits per heavy atom. The molecule has 2 aromatic carbocycles. The van der Waals surface area contributed by atoms with Crippen molar-refractivity contribution in [3.63, 3.8) is 0 Å². The molecule has 0 spiro atoms. The van der Waals surface area contributed by atoms with Crippen LogP contribution < -0.4 is 4.74 Å². The van der Waals surface area contributed by atoms with Crippen molar-refractivity contribution in [2.45, 2.75) is 26.4 Å². The van der Waals surface area contributed by atoms with Crippen LogP contribution in [0.15, 0.2) is 39.3 Å². The Morgan fingerprint density at radius 1 is 1.14 bits per heavy atom. The molecule has 21 heavy (non-hydrogen) atoms. The average Bonchev–Trinajstić information content (AvgIpc) is 2.44. The monoisotopic (exact) mass is 412 g/mol. The van der Waals surface area contributed by atoms with Crippen LogP contribution in [0.1, 0.15) is 28.4 Å². The van der Waals surface area contributed by atoms with E-state index in [1.807, 2.05) is 44.2 Å². The molecule has 2 rings (SSSR count). The first-order valence-corrected chi connectivity index (χ1v) is 8.28. The summed E-state index contributed by atoms with van der Waals surface area (Å²) in [6.45, 7) is 3.98. The number of aliphatic hydroxyl groups excluding tert-OH is 1. The maximum atomic E-state index is 10.7. The zero-order valence-corrected chi connectivity index (χ0v) is 15.5. The summed E-state index contributed by atoms with van der Waals surface area (Å²) in [5, 5.41) is 10.7. The normalized spacial score (nSPS) is 12.3. The summed E-state index contributed by atoms with van der Waals surface area (Å²) in [7, 11) is 1.64.